The molecule has 1 heterocycles. The Hall–Kier alpha value is -2.45. The highest BCUT2D eigenvalue weighted by Crippen LogP contribution is 2.31. The van der Waals surface area contributed by atoms with E-state index in [0.717, 1.165) is 35.3 Å². The van der Waals surface area contributed by atoms with Gasteiger partial charge in [-0.25, -0.2) is 14.6 Å². The first-order chi connectivity index (χ1) is 14.5. The van der Waals surface area contributed by atoms with Crippen LogP contribution in [-0.2, 0) is 20.7 Å². The van der Waals surface area contributed by atoms with Crippen LogP contribution in [0.2, 0.25) is 0 Å². The van der Waals surface area contributed by atoms with Crippen molar-refractivity contribution in [2.75, 3.05) is 32.2 Å². The molecule has 0 radical (unpaired) electrons. The maximum atomic E-state index is 12.3. The molecular formula is C22H31N3O4S. The Morgan fingerprint density at radius 1 is 1.20 bits per heavy atom. The third-order valence-corrected chi connectivity index (χ3v) is 5.76. The van der Waals surface area contributed by atoms with Crippen LogP contribution in [0.25, 0.3) is 10.4 Å². The minimum Gasteiger partial charge on any atom is -0.467 e. The summed E-state index contributed by atoms with van der Waals surface area (Å²) in [4.78, 5) is 31.0. The van der Waals surface area contributed by atoms with Crippen molar-refractivity contribution >= 4 is 28.5 Å². The van der Waals surface area contributed by atoms with Crippen molar-refractivity contribution in [1.29, 1.82) is 0 Å². The Morgan fingerprint density at radius 2 is 1.93 bits per heavy atom. The van der Waals surface area contributed by atoms with Crippen LogP contribution in [0.3, 0.4) is 0 Å². The Labute approximate surface area is 182 Å². The van der Waals surface area contributed by atoms with Gasteiger partial charge in [-0.15, -0.1) is 0 Å². The molecule has 0 saturated heterocycles. The van der Waals surface area contributed by atoms with Gasteiger partial charge in [-0.2, -0.15) is 0 Å². The molecule has 0 aliphatic carbocycles. The van der Waals surface area contributed by atoms with Crippen molar-refractivity contribution in [2.24, 2.45) is 0 Å². The van der Waals surface area contributed by atoms with Gasteiger partial charge < -0.3 is 14.8 Å². The lowest BCUT2D eigenvalue weighted by Gasteiger charge is -2.15. The number of anilines is 1. The van der Waals surface area contributed by atoms with Gasteiger partial charge in [0.15, 0.2) is 11.2 Å². The number of rotatable bonds is 11. The predicted molar refractivity (Wildman–Crippen MR) is 120 cm³/mol. The second kappa shape index (κ2) is 12.3. The van der Waals surface area contributed by atoms with Crippen molar-refractivity contribution < 1.29 is 19.1 Å². The molecule has 2 amide bonds. The minimum atomic E-state index is -0.606. The summed E-state index contributed by atoms with van der Waals surface area (Å²) < 4.78 is 10.3. The van der Waals surface area contributed by atoms with Crippen LogP contribution in [0.1, 0.15) is 38.7 Å². The number of amides is 2. The van der Waals surface area contributed by atoms with Crippen molar-refractivity contribution in [3.05, 3.63) is 36.0 Å². The maximum Gasteiger partial charge on any atom is 0.335 e. The summed E-state index contributed by atoms with van der Waals surface area (Å²) in [6.07, 6.45) is 4.82. The Kier molecular flexibility index (Phi) is 9.76. The number of ether oxygens (including phenoxy) is 2. The average Bonchev–Trinajstić information content (AvgIpc) is 3.26. The number of carbonyl (C=O) groups excluding carboxylic acids is 2. The first-order valence-electron chi connectivity index (χ1n) is 10.3. The van der Waals surface area contributed by atoms with E-state index in [1.807, 2.05) is 31.2 Å². The Balaban J connectivity index is 1.99. The van der Waals surface area contributed by atoms with E-state index >= 15 is 0 Å². The topological polar surface area (TPSA) is 80.8 Å². The number of carbonyl (C=O) groups is 2. The molecule has 0 spiro atoms. The molecule has 0 saturated carbocycles. The number of hydrogen-bond donors (Lipinski definition) is 1. The fourth-order valence-corrected chi connectivity index (χ4v) is 3.77. The second-order valence-corrected chi connectivity index (χ2v) is 7.88. The van der Waals surface area contributed by atoms with Gasteiger partial charge >= 0.3 is 12.0 Å². The van der Waals surface area contributed by atoms with Gasteiger partial charge in [0, 0.05) is 32.8 Å². The van der Waals surface area contributed by atoms with Crippen LogP contribution in [0, 0.1) is 0 Å². The van der Waals surface area contributed by atoms with Crippen molar-refractivity contribution in [3.8, 4) is 10.4 Å². The number of methoxy groups -OCH3 is 1. The van der Waals surface area contributed by atoms with Crippen molar-refractivity contribution in [2.45, 2.75) is 45.6 Å². The van der Waals surface area contributed by atoms with Gasteiger partial charge in [0.2, 0.25) is 0 Å². The quantitative estimate of drug-likeness (QED) is 0.423. The molecule has 1 aromatic carbocycles. The SMILES string of the molecule is CCCCCNC(=O)N(C)c1ncc(-c2ccc(C[C@H](OCC)C(=O)OC)cc2)s1. The predicted octanol–water partition coefficient (Wildman–Crippen LogP) is 4.27. The van der Waals surface area contributed by atoms with E-state index < -0.39 is 6.10 Å². The van der Waals surface area contributed by atoms with E-state index in [0.29, 0.717) is 24.7 Å². The molecule has 0 bridgehead atoms. The first-order valence-corrected chi connectivity index (χ1v) is 11.1. The minimum absolute atomic E-state index is 0.146. The zero-order chi connectivity index (χ0) is 21.9. The zero-order valence-corrected chi connectivity index (χ0v) is 19.0. The number of thiazole rings is 1. The summed E-state index contributed by atoms with van der Waals surface area (Å²) >= 11 is 1.46. The molecule has 0 aliphatic rings. The van der Waals surface area contributed by atoms with Gasteiger partial charge in [-0.05, 0) is 24.5 Å². The molecule has 0 unspecified atom stereocenters. The first kappa shape index (κ1) is 23.8. The molecule has 1 aromatic heterocycles. The number of nitrogens with zero attached hydrogens (tertiary/aromatic N) is 2. The van der Waals surface area contributed by atoms with Gasteiger partial charge in [0.25, 0.3) is 0 Å². The molecule has 164 valence electrons. The standard InChI is InChI=1S/C22H31N3O4S/c1-5-7-8-13-23-21(27)25(3)22-24-15-19(30-22)17-11-9-16(10-12-17)14-18(29-6-2)20(26)28-4/h9-12,15,18H,5-8,13-14H2,1-4H3,(H,23,27)/t18-/m0/s1. The highest BCUT2D eigenvalue weighted by atomic mass is 32.1. The fraction of sp³-hybridized carbons (Fsp3) is 0.500. The van der Waals surface area contributed by atoms with E-state index in [9.17, 15) is 9.59 Å². The lowest BCUT2D eigenvalue weighted by atomic mass is 10.1. The number of esters is 1. The summed E-state index contributed by atoms with van der Waals surface area (Å²) in [6, 6.07) is 7.75. The molecule has 30 heavy (non-hydrogen) atoms. The van der Waals surface area contributed by atoms with E-state index in [4.69, 9.17) is 9.47 Å². The summed E-state index contributed by atoms with van der Waals surface area (Å²) in [7, 11) is 3.09. The fourth-order valence-electron chi connectivity index (χ4n) is 2.89. The third-order valence-electron chi connectivity index (χ3n) is 4.63. The molecule has 2 aromatic rings. The van der Waals surface area contributed by atoms with Crippen LogP contribution < -0.4 is 10.2 Å². The molecule has 7 nitrogen and oxygen atoms in total. The van der Waals surface area contributed by atoms with Gasteiger partial charge in [0.1, 0.15) is 0 Å². The molecule has 1 N–H and O–H groups in total. The largest absolute Gasteiger partial charge is 0.467 e. The average molecular weight is 434 g/mol. The number of nitrogens with one attached hydrogen (secondary N) is 1. The monoisotopic (exact) mass is 433 g/mol. The molecule has 8 heteroatoms. The van der Waals surface area contributed by atoms with Crippen LogP contribution in [0.15, 0.2) is 30.5 Å². The summed E-state index contributed by atoms with van der Waals surface area (Å²) in [5, 5.41) is 3.56. The summed E-state index contributed by atoms with van der Waals surface area (Å²) in [6.45, 7) is 5.10. The van der Waals surface area contributed by atoms with Gasteiger partial charge in [-0.1, -0.05) is 55.4 Å². The van der Waals surface area contributed by atoms with E-state index in [1.165, 1.54) is 23.3 Å². The third kappa shape index (κ3) is 6.81. The van der Waals surface area contributed by atoms with Gasteiger partial charge in [0.05, 0.1) is 12.0 Å². The highest BCUT2D eigenvalue weighted by Gasteiger charge is 2.20. The van der Waals surface area contributed by atoms with Crippen LogP contribution in [0.5, 0.6) is 0 Å². The van der Waals surface area contributed by atoms with E-state index in [-0.39, 0.29) is 12.0 Å². The molecule has 0 aliphatic heterocycles. The molecule has 2 rings (SSSR count). The molecule has 1 atom stereocenters. The molecular weight excluding hydrogens is 402 g/mol. The normalized spacial score (nSPS) is 11.7. The lowest BCUT2D eigenvalue weighted by molar-refractivity contribution is -0.153. The highest BCUT2D eigenvalue weighted by molar-refractivity contribution is 7.19. The smallest absolute Gasteiger partial charge is 0.335 e. The van der Waals surface area contributed by atoms with Crippen LogP contribution in [-0.4, -0.2) is 50.4 Å². The van der Waals surface area contributed by atoms with Crippen LogP contribution in [0.4, 0.5) is 9.93 Å². The number of unbranched alkanes of at least 4 members (excludes halogenated alkanes) is 2. The number of benzene rings is 1. The lowest BCUT2D eigenvalue weighted by Crippen LogP contribution is -2.37. The molecule has 0 fully saturated rings. The van der Waals surface area contributed by atoms with E-state index in [1.54, 1.807) is 13.2 Å². The Bertz CT molecular complexity index is 807. The summed E-state index contributed by atoms with van der Waals surface area (Å²) in [5.41, 5.74) is 1.99. The number of hydrogen-bond acceptors (Lipinski definition) is 6. The summed E-state index contributed by atoms with van der Waals surface area (Å²) in [5.74, 6) is -0.371. The number of aromatic nitrogens is 1. The van der Waals surface area contributed by atoms with Gasteiger partial charge in [-0.3, -0.25) is 4.90 Å². The van der Waals surface area contributed by atoms with Crippen LogP contribution >= 0.6 is 11.3 Å². The number of urea groups is 1. The zero-order valence-electron chi connectivity index (χ0n) is 18.1. The van der Waals surface area contributed by atoms with E-state index in [2.05, 4.69) is 17.2 Å². The maximum absolute atomic E-state index is 12.3. The second-order valence-electron chi connectivity index (χ2n) is 6.87. The Morgan fingerprint density at radius 3 is 2.57 bits per heavy atom. The van der Waals surface area contributed by atoms with Crippen molar-refractivity contribution in [3.63, 3.8) is 0 Å². The van der Waals surface area contributed by atoms with Crippen molar-refractivity contribution in [1.82, 2.24) is 10.3 Å².